The van der Waals surface area contributed by atoms with Crippen LogP contribution in [0.4, 0.5) is 0 Å². The van der Waals surface area contributed by atoms with Crippen LogP contribution in [-0.2, 0) is 28.2 Å². The van der Waals surface area contributed by atoms with Gasteiger partial charge in [0.05, 0.1) is 9.79 Å². The van der Waals surface area contributed by atoms with Crippen molar-refractivity contribution in [3.05, 3.63) is 60.7 Å². The van der Waals surface area contributed by atoms with Crippen LogP contribution in [0.25, 0.3) is 0 Å². The van der Waals surface area contributed by atoms with Crippen molar-refractivity contribution in [3.63, 3.8) is 0 Å². The lowest BCUT2D eigenvalue weighted by atomic mass is 10.4. The van der Waals surface area contributed by atoms with E-state index in [-0.39, 0.29) is 9.79 Å². The second-order valence-corrected chi connectivity index (χ2v) is 8.35. The molecule has 118 valence electrons. The average Bonchev–Trinajstić information content (AvgIpc) is 2.48. The van der Waals surface area contributed by atoms with Gasteiger partial charge < -0.3 is 4.89 Å². The molecular weight excluding hydrogens is 351 g/mol. The Labute approximate surface area is 129 Å². The molecule has 0 radical (unpaired) electrons. The number of benzene rings is 2. The molecule has 0 atom stereocenters. The van der Waals surface area contributed by atoms with Gasteiger partial charge in [0.15, 0.2) is 0 Å². The molecule has 2 rings (SSSR count). The first-order valence-corrected chi connectivity index (χ1v) is 9.74. The molecule has 0 unspecified atom stereocenters. The maximum absolute atomic E-state index is 11.8. The predicted octanol–water partition coefficient (Wildman–Crippen LogP) is 2.02. The summed E-state index contributed by atoms with van der Waals surface area (Å²) in [6.07, 6.45) is 0. The summed E-state index contributed by atoms with van der Waals surface area (Å²) in [6, 6.07) is 14.0. The van der Waals surface area contributed by atoms with Crippen molar-refractivity contribution in [2.75, 3.05) is 0 Å². The second kappa shape index (κ2) is 6.82. The smallest absolute Gasteiger partial charge is 0.327 e. The van der Waals surface area contributed by atoms with E-state index in [1.807, 2.05) is 0 Å². The molecule has 1 N–H and O–H groups in total. The van der Waals surface area contributed by atoms with Crippen LogP contribution in [0, 0.1) is 0 Å². The van der Waals surface area contributed by atoms with Gasteiger partial charge in [0, 0.05) is 0 Å². The maximum atomic E-state index is 11.8. The molecule has 0 bridgehead atoms. The van der Waals surface area contributed by atoms with E-state index in [2.05, 4.69) is 7.94 Å². The molecule has 0 aliphatic carbocycles. The zero-order valence-electron chi connectivity index (χ0n) is 10.9. The average molecular weight is 362 g/mol. The minimum atomic E-state index is -4.32. The van der Waals surface area contributed by atoms with Gasteiger partial charge in [-0.1, -0.05) is 36.4 Å². The minimum absolute atomic E-state index is 0.225. The van der Waals surface area contributed by atoms with Crippen LogP contribution in [0.15, 0.2) is 70.5 Å². The molecule has 7 nitrogen and oxygen atoms in total. The van der Waals surface area contributed by atoms with E-state index in [0.29, 0.717) is 0 Å². The summed E-state index contributed by atoms with van der Waals surface area (Å²) in [4.78, 5) is 9.06. The van der Waals surface area contributed by atoms with Gasteiger partial charge in [-0.15, -0.1) is 0 Å². The first-order chi connectivity index (χ1) is 10.3. The molecule has 0 aromatic heterocycles. The van der Waals surface area contributed by atoms with Crippen LogP contribution >= 0.6 is 8.60 Å². The minimum Gasteiger partial charge on any atom is -0.327 e. The molecule has 0 aliphatic heterocycles. The van der Waals surface area contributed by atoms with Crippen LogP contribution in [0.5, 0.6) is 0 Å². The first-order valence-electron chi connectivity index (χ1n) is 5.79. The molecule has 2 aromatic rings. The summed E-state index contributed by atoms with van der Waals surface area (Å²) >= 11 is 0. The molecule has 0 amide bonds. The van der Waals surface area contributed by atoms with Crippen molar-refractivity contribution in [2.24, 2.45) is 0 Å². The molecule has 0 spiro atoms. The summed E-state index contributed by atoms with van der Waals surface area (Å²) in [6.45, 7) is 0. The van der Waals surface area contributed by atoms with Crippen molar-refractivity contribution >= 4 is 28.8 Å². The molecule has 0 saturated carbocycles. The summed E-state index contributed by atoms with van der Waals surface area (Å²) < 4.78 is 56.0. The third-order valence-corrected chi connectivity index (χ3v) is 6.68. The van der Waals surface area contributed by atoms with Crippen molar-refractivity contribution in [1.29, 1.82) is 0 Å². The molecule has 0 aliphatic rings. The highest BCUT2D eigenvalue weighted by atomic mass is 32.2. The van der Waals surface area contributed by atoms with Crippen molar-refractivity contribution in [3.8, 4) is 0 Å². The molecule has 0 heterocycles. The van der Waals surface area contributed by atoms with Crippen LogP contribution in [0.2, 0.25) is 0 Å². The summed E-state index contributed by atoms with van der Waals surface area (Å²) in [5.74, 6) is 0. The molecule has 0 fully saturated rings. The van der Waals surface area contributed by atoms with Gasteiger partial charge in [0.2, 0.25) is 0 Å². The van der Waals surface area contributed by atoms with Gasteiger partial charge in [0.25, 0.3) is 0 Å². The topological polar surface area (TPSA) is 107 Å². The maximum Gasteiger partial charge on any atom is 0.362 e. The van der Waals surface area contributed by atoms with Crippen molar-refractivity contribution in [1.82, 2.24) is 0 Å². The lowest BCUT2D eigenvalue weighted by Crippen LogP contribution is -2.08. The Morgan fingerprint density at radius 3 is 1.32 bits per heavy atom. The highest BCUT2D eigenvalue weighted by molar-refractivity contribution is 7.93. The Morgan fingerprint density at radius 2 is 1.00 bits per heavy atom. The van der Waals surface area contributed by atoms with Gasteiger partial charge in [-0.3, -0.25) is 0 Å². The second-order valence-electron chi connectivity index (χ2n) is 3.92. The Bertz CT molecular complexity index is 749. The van der Waals surface area contributed by atoms with Crippen molar-refractivity contribution in [2.45, 2.75) is 9.79 Å². The third kappa shape index (κ3) is 4.33. The van der Waals surface area contributed by atoms with Gasteiger partial charge in [-0.25, -0.2) is 0 Å². The Kier molecular flexibility index (Phi) is 5.28. The predicted molar refractivity (Wildman–Crippen MR) is 78.6 cm³/mol. The molecule has 2 aromatic carbocycles. The zero-order chi connectivity index (χ0) is 16.2. The Balaban J connectivity index is 2.12. The summed E-state index contributed by atoms with van der Waals surface area (Å²) in [5, 5.41) is 0. The van der Waals surface area contributed by atoms with Gasteiger partial charge in [-0.05, 0) is 24.3 Å². The fourth-order valence-corrected chi connectivity index (χ4v) is 4.78. The SMILES string of the molecule is O=S(=O)(OP(O)OS(=O)(=O)c1ccccc1)c1ccccc1. The zero-order valence-corrected chi connectivity index (χ0v) is 13.5. The Morgan fingerprint density at radius 1 is 0.682 bits per heavy atom. The number of hydrogen-bond acceptors (Lipinski definition) is 7. The molecule has 22 heavy (non-hydrogen) atoms. The lowest BCUT2D eigenvalue weighted by Gasteiger charge is -2.10. The van der Waals surface area contributed by atoms with E-state index in [1.54, 1.807) is 12.1 Å². The molecule has 10 heteroatoms. The van der Waals surface area contributed by atoms with E-state index >= 15 is 0 Å². The fraction of sp³-hybridized carbons (Fsp3) is 0. The van der Waals surface area contributed by atoms with Crippen LogP contribution in [-0.4, -0.2) is 21.7 Å². The van der Waals surface area contributed by atoms with E-state index in [1.165, 1.54) is 48.5 Å². The van der Waals surface area contributed by atoms with E-state index < -0.39 is 28.8 Å². The number of hydrogen-bond donors (Lipinski definition) is 1. The van der Waals surface area contributed by atoms with Crippen LogP contribution < -0.4 is 0 Å². The van der Waals surface area contributed by atoms with E-state index in [4.69, 9.17) is 0 Å². The monoisotopic (exact) mass is 362 g/mol. The first kappa shape index (κ1) is 17.0. The third-order valence-electron chi connectivity index (χ3n) is 2.39. The standard InChI is InChI=1S/C12H11O7PS2/c13-20(18-21(14,15)11-7-3-1-4-8-11)19-22(16,17)12-9-5-2-6-10-12/h1-10,13H. The van der Waals surface area contributed by atoms with E-state index in [0.717, 1.165) is 0 Å². The molecule has 0 saturated heterocycles. The van der Waals surface area contributed by atoms with Gasteiger partial charge in [0.1, 0.15) is 0 Å². The van der Waals surface area contributed by atoms with Crippen LogP contribution in [0.1, 0.15) is 0 Å². The van der Waals surface area contributed by atoms with Crippen LogP contribution in [0.3, 0.4) is 0 Å². The summed E-state index contributed by atoms with van der Waals surface area (Å²) in [7, 11) is -11.8. The molecular formula is C12H11O7PS2. The largest absolute Gasteiger partial charge is 0.362 e. The fourth-order valence-electron chi connectivity index (χ4n) is 1.44. The van der Waals surface area contributed by atoms with E-state index in [9.17, 15) is 21.7 Å². The normalized spacial score (nSPS) is 12.5. The summed E-state index contributed by atoms with van der Waals surface area (Å²) in [5.41, 5.74) is 0. The highest BCUT2D eigenvalue weighted by Crippen LogP contribution is 2.40. The Hall–Kier alpha value is -1.35. The quantitative estimate of drug-likeness (QED) is 0.783. The van der Waals surface area contributed by atoms with Crippen molar-refractivity contribution < 1.29 is 29.7 Å². The van der Waals surface area contributed by atoms with Gasteiger partial charge >= 0.3 is 28.8 Å². The number of rotatable bonds is 6. The highest BCUT2D eigenvalue weighted by Gasteiger charge is 2.28. The lowest BCUT2D eigenvalue weighted by molar-refractivity contribution is 0.376. The van der Waals surface area contributed by atoms with Gasteiger partial charge in [-0.2, -0.15) is 24.8 Å².